The summed E-state index contributed by atoms with van der Waals surface area (Å²) >= 11 is 0. The Hall–Kier alpha value is -2.84. The Balaban J connectivity index is 1.66. The molecule has 1 aromatic rings. The molecular weight excluding hydrogens is 527 g/mol. The van der Waals surface area contributed by atoms with Gasteiger partial charge in [0.05, 0.1) is 30.1 Å². The van der Waals surface area contributed by atoms with Crippen molar-refractivity contribution in [1.29, 1.82) is 0 Å². The molecule has 1 aromatic carbocycles. The number of nitrogens with one attached hydrogen (secondary N) is 2. The molecule has 9 heteroatoms. The van der Waals surface area contributed by atoms with E-state index in [2.05, 4.69) is 24.5 Å². The number of halogens is 1. The molecule has 0 heterocycles. The van der Waals surface area contributed by atoms with E-state index in [0.29, 0.717) is 51.0 Å². The third-order valence-electron chi connectivity index (χ3n) is 8.61. The van der Waals surface area contributed by atoms with E-state index in [-0.39, 0.29) is 47.0 Å². The maximum absolute atomic E-state index is 15.0. The van der Waals surface area contributed by atoms with Crippen molar-refractivity contribution in [2.24, 2.45) is 17.3 Å². The van der Waals surface area contributed by atoms with Gasteiger partial charge in [0.15, 0.2) is 11.6 Å². The molecule has 2 aliphatic carbocycles. The Bertz CT molecular complexity index is 1070. The van der Waals surface area contributed by atoms with E-state index in [1.54, 1.807) is 0 Å². The maximum Gasteiger partial charge on any atom is 0.312 e. The summed E-state index contributed by atoms with van der Waals surface area (Å²) in [6.45, 7) is 12.3. The third kappa shape index (κ3) is 8.58. The molecule has 0 aromatic heterocycles. The predicted octanol–water partition coefficient (Wildman–Crippen LogP) is 5.95. The second-order valence-corrected chi connectivity index (χ2v) is 12.9. The van der Waals surface area contributed by atoms with Crippen molar-refractivity contribution in [3.63, 3.8) is 0 Å². The molecular formula is C32H49FN2O6. The van der Waals surface area contributed by atoms with Crippen molar-refractivity contribution in [3.05, 3.63) is 23.5 Å². The van der Waals surface area contributed by atoms with Gasteiger partial charge in [0.25, 0.3) is 5.91 Å². The van der Waals surface area contributed by atoms with Crippen molar-refractivity contribution in [2.75, 3.05) is 13.7 Å². The van der Waals surface area contributed by atoms with Gasteiger partial charge in [0, 0.05) is 18.7 Å². The second-order valence-electron chi connectivity index (χ2n) is 12.9. The number of carbonyl (C=O) groups excluding carboxylic acids is 3. The third-order valence-corrected chi connectivity index (χ3v) is 8.61. The fourth-order valence-electron chi connectivity index (χ4n) is 5.75. The quantitative estimate of drug-likeness (QED) is 0.316. The summed E-state index contributed by atoms with van der Waals surface area (Å²) in [7, 11) is 1.38. The molecule has 0 aliphatic heterocycles. The Morgan fingerprint density at radius 3 is 2.29 bits per heavy atom. The van der Waals surface area contributed by atoms with Crippen LogP contribution >= 0.6 is 0 Å². The Labute approximate surface area is 244 Å². The highest BCUT2D eigenvalue weighted by atomic mass is 19.1. The Kier molecular flexibility index (Phi) is 11.1. The van der Waals surface area contributed by atoms with Gasteiger partial charge in [0.2, 0.25) is 5.91 Å². The number of hydrogen-bond donors (Lipinski definition) is 2. The van der Waals surface area contributed by atoms with Crippen molar-refractivity contribution >= 4 is 17.8 Å². The zero-order valence-corrected chi connectivity index (χ0v) is 25.9. The standard InChI is InChI=1S/C32H49FN2O6/c1-8-20(9-2)19-34-28(36)22-11-10-12-25(22)35-29(37)23-17-27(24(33)18-26(23)39-7)40-21-13-15-32(6,16-14-21)30(38)41-31(3,4)5/h17-18,20-22,25H,8-16,19H2,1-7H3,(H,34,36)(H,35,37)/t21?,22-,25+,32?/m0/s1. The molecule has 3 rings (SSSR count). The average molecular weight is 577 g/mol. The van der Waals surface area contributed by atoms with E-state index < -0.39 is 22.7 Å². The van der Waals surface area contributed by atoms with Crippen molar-refractivity contribution < 1.29 is 33.0 Å². The average Bonchev–Trinajstić information content (AvgIpc) is 3.38. The summed E-state index contributed by atoms with van der Waals surface area (Å²) < 4.78 is 32.0. The summed E-state index contributed by atoms with van der Waals surface area (Å²) in [5, 5.41) is 6.06. The van der Waals surface area contributed by atoms with E-state index in [9.17, 15) is 14.4 Å². The predicted molar refractivity (Wildman–Crippen MR) is 155 cm³/mol. The summed E-state index contributed by atoms with van der Waals surface area (Å²) in [5.41, 5.74) is -1.03. The molecule has 230 valence electrons. The largest absolute Gasteiger partial charge is 0.496 e. The molecule has 2 aliphatic rings. The van der Waals surface area contributed by atoms with Crippen LogP contribution in [-0.4, -0.2) is 49.2 Å². The van der Waals surface area contributed by atoms with Gasteiger partial charge < -0.3 is 24.8 Å². The summed E-state index contributed by atoms with van der Waals surface area (Å²) in [4.78, 5) is 39.0. The minimum Gasteiger partial charge on any atom is -0.496 e. The van der Waals surface area contributed by atoms with Crippen LogP contribution in [0.4, 0.5) is 4.39 Å². The van der Waals surface area contributed by atoms with Gasteiger partial charge in [0.1, 0.15) is 11.4 Å². The number of amides is 2. The normalized spacial score (nSPS) is 24.6. The lowest BCUT2D eigenvalue weighted by Crippen LogP contribution is -2.45. The van der Waals surface area contributed by atoms with Gasteiger partial charge >= 0.3 is 5.97 Å². The number of ether oxygens (including phenoxy) is 3. The lowest BCUT2D eigenvalue weighted by Gasteiger charge is -2.37. The summed E-state index contributed by atoms with van der Waals surface area (Å²) in [6.07, 6.45) is 6.16. The molecule has 0 unspecified atom stereocenters. The molecule has 0 radical (unpaired) electrons. The van der Waals surface area contributed by atoms with Crippen LogP contribution in [0.1, 0.15) is 110 Å². The minimum atomic E-state index is -0.626. The van der Waals surface area contributed by atoms with Gasteiger partial charge in [-0.1, -0.05) is 33.1 Å². The number of methoxy groups -OCH3 is 1. The number of hydrogen-bond acceptors (Lipinski definition) is 6. The Morgan fingerprint density at radius 2 is 1.71 bits per heavy atom. The lowest BCUT2D eigenvalue weighted by molar-refractivity contribution is -0.169. The zero-order chi connectivity index (χ0) is 30.4. The second kappa shape index (κ2) is 13.9. The Morgan fingerprint density at radius 1 is 1.05 bits per heavy atom. The molecule has 41 heavy (non-hydrogen) atoms. The first kappa shape index (κ1) is 32.7. The minimum absolute atomic E-state index is 0.0345. The molecule has 2 atom stereocenters. The van der Waals surface area contributed by atoms with Crippen molar-refractivity contribution in [1.82, 2.24) is 10.6 Å². The van der Waals surface area contributed by atoms with Gasteiger partial charge in [-0.05, 0) is 78.2 Å². The van der Waals surface area contributed by atoms with E-state index in [0.717, 1.165) is 25.3 Å². The van der Waals surface area contributed by atoms with E-state index in [1.165, 1.54) is 13.2 Å². The van der Waals surface area contributed by atoms with Crippen LogP contribution in [0, 0.1) is 23.1 Å². The number of carbonyl (C=O) groups is 3. The highest BCUT2D eigenvalue weighted by molar-refractivity contribution is 5.98. The molecule has 8 nitrogen and oxygen atoms in total. The molecule has 2 N–H and O–H groups in total. The van der Waals surface area contributed by atoms with E-state index in [4.69, 9.17) is 14.2 Å². The zero-order valence-electron chi connectivity index (χ0n) is 25.9. The number of esters is 1. The smallest absolute Gasteiger partial charge is 0.312 e. The first-order valence-corrected chi connectivity index (χ1v) is 15.2. The fraction of sp³-hybridized carbons (Fsp3) is 0.719. The van der Waals surface area contributed by atoms with Crippen LogP contribution in [0.2, 0.25) is 0 Å². The van der Waals surface area contributed by atoms with E-state index >= 15 is 4.39 Å². The molecule has 2 saturated carbocycles. The first-order chi connectivity index (χ1) is 19.3. The molecule has 0 spiro atoms. The van der Waals surface area contributed by atoms with Crippen molar-refractivity contribution in [3.8, 4) is 11.5 Å². The van der Waals surface area contributed by atoms with Crippen LogP contribution in [-0.2, 0) is 14.3 Å². The van der Waals surface area contributed by atoms with Crippen molar-refractivity contribution in [2.45, 2.75) is 117 Å². The van der Waals surface area contributed by atoms with E-state index in [1.807, 2.05) is 27.7 Å². The SMILES string of the molecule is CCC(CC)CNC(=O)[C@H]1CCC[C@H]1NC(=O)c1cc(OC2CCC(C)(C(=O)OC(C)(C)C)CC2)c(F)cc1OC. The van der Waals surface area contributed by atoms with Gasteiger partial charge in [-0.15, -0.1) is 0 Å². The fourth-order valence-corrected chi connectivity index (χ4v) is 5.75. The highest BCUT2D eigenvalue weighted by Crippen LogP contribution is 2.40. The maximum atomic E-state index is 15.0. The van der Waals surface area contributed by atoms with Crippen LogP contribution in [0.25, 0.3) is 0 Å². The lowest BCUT2D eigenvalue weighted by atomic mass is 9.74. The monoisotopic (exact) mass is 576 g/mol. The molecule has 0 bridgehead atoms. The first-order valence-electron chi connectivity index (χ1n) is 15.2. The van der Waals surface area contributed by atoms with Gasteiger partial charge in [-0.25, -0.2) is 4.39 Å². The number of benzene rings is 1. The topological polar surface area (TPSA) is 103 Å². The van der Waals surface area contributed by atoms with Gasteiger partial charge in [-0.2, -0.15) is 0 Å². The summed E-state index contributed by atoms with van der Waals surface area (Å²) in [5.74, 6) is -1.13. The summed E-state index contributed by atoms with van der Waals surface area (Å²) in [6, 6.07) is 2.22. The van der Waals surface area contributed by atoms with Crippen LogP contribution in [0.15, 0.2) is 12.1 Å². The number of rotatable bonds is 11. The van der Waals surface area contributed by atoms with Crippen LogP contribution in [0.3, 0.4) is 0 Å². The van der Waals surface area contributed by atoms with Crippen LogP contribution < -0.4 is 20.1 Å². The molecule has 0 saturated heterocycles. The molecule has 2 amide bonds. The molecule has 2 fully saturated rings. The van der Waals surface area contributed by atoms with Crippen LogP contribution in [0.5, 0.6) is 11.5 Å². The van der Waals surface area contributed by atoms with Gasteiger partial charge in [-0.3, -0.25) is 14.4 Å². The highest BCUT2D eigenvalue weighted by Gasteiger charge is 2.41.